The van der Waals surface area contributed by atoms with Gasteiger partial charge in [-0.15, -0.1) is 4.48 Å². The summed E-state index contributed by atoms with van der Waals surface area (Å²) in [5.74, 6) is -1.32. The first kappa shape index (κ1) is 39.8. The molecule has 0 aromatic rings. The molecule has 0 aliphatic heterocycles. The van der Waals surface area contributed by atoms with Gasteiger partial charge in [0.15, 0.2) is 0 Å². The maximum atomic E-state index is 12.0. The van der Waals surface area contributed by atoms with Crippen molar-refractivity contribution in [1.29, 1.82) is 0 Å². The van der Waals surface area contributed by atoms with Gasteiger partial charge in [0.1, 0.15) is 19.3 Å². The minimum Gasteiger partial charge on any atom is -0.447 e. The third kappa shape index (κ3) is 29.5. The molecule has 0 fully saturated rings. The maximum Gasteiger partial charge on any atom is 0.407 e. The van der Waals surface area contributed by atoms with Crippen LogP contribution in [0.15, 0.2) is 0 Å². The molecule has 0 aromatic carbocycles. The molecule has 9 nitrogen and oxygen atoms in total. The Bertz CT molecular complexity index is 396. The van der Waals surface area contributed by atoms with Crippen molar-refractivity contribution < 1.29 is 69.7 Å². The summed E-state index contributed by atoms with van der Waals surface area (Å²) in [6.07, 6.45) is -1.67. The first-order valence-corrected chi connectivity index (χ1v) is 8.34. The smallest absolute Gasteiger partial charge is 0.407 e. The van der Waals surface area contributed by atoms with Gasteiger partial charge in [-0.25, -0.2) is 9.59 Å². The lowest BCUT2D eigenvalue weighted by Gasteiger charge is -2.19. The Labute approximate surface area is 177 Å². The Hall–Kier alpha value is -2.66. The van der Waals surface area contributed by atoms with Crippen molar-refractivity contribution in [2.75, 3.05) is 32.9 Å². The summed E-state index contributed by atoms with van der Waals surface area (Å²) in [5.41, 5.74) is 1.06. The fourth-order valence-corrected chi connectivity index (χ4v) is 1.51. The molecule has 1 atom stereocenters. The lowest BCUT2D eigenvalue weighted by molar-refractivity contribution is -0.129. The van der Waals surface area contributed by atoms with E-state index in [9.17, 15) is 18.9 Å². The van der Waals surface area contributed by atoms with E-state index in [4.69, 9.17) is 50.8 Å². The minimum absolute atomic E-state index is 0.108. The van der Waals surface area contributed by atoms with Gasteiger partial charge in [-0.1, -0.05) is 6.92 Å². The van der Waals surface area contributed by atoms with Crippen LogP contribution in [0, 0.1) is 5.92 Å². The number of ether oxygens (including phenoxy) is 3. The molecular weight excluding hydrogens is 477 g/mol. The maximum absolute atomic E-state index is 12.0. The van der Waals surface area contributed by atoms with Crippen molar-refractivity contribution in [3.05, 3.63) is 0 Å². The van der Waals surface area contributed by atoms with E-state index in [1.54, 1.807) is 20.8 Å². The highest BCUT2D eigenvalue weighted by molar-refractivity contribution is 5.76. The summed E-state index contributed by atoms with van der Waals surface area (Å²) in [6, 6.07) is 0. The van der Waals surface area contributed by atoms with Crippen LogP contribution in [0.5, 0.6) is 0 Å². The Kier molecular flexibility index (Phi) is 44.4. The number of nitrogens with one attached hydrogen (secondary N) is 3. The van der Waals surface area contributed by atoms with E-state index < -0.39 is 30.1 Å². The first-order chi connectivity index (χ1) is 15.4. The molecule has 196 valence electrons. The number of hydrogen-bond acceptors (Lipinski definition) is 6. The predicted molar refractivity (Wildman–Crippen MR) is 91.7 cm³/mol. The third-order valence-electron chi connectivity index (χ3n) is 2.89. The van der Waals surface area contributed by atoms with Gasteiger partial charge in [0.25, 0.3) is 5.91 Å². The van der Waals surface area contributed by atoms with Gasteiger partial charge in [-0.05, 0) is 20.3 Å². The SMILES string of the molecule is CCNC(=O)OCC(COC(=O)NCC)OCCC(C)C(=O)NF.FF.FF.FF.FF. The van der Waals surface area contributed by atoms with E-state index in [1.807, 2.05) is 0 Å². The summed E-state index contributed by atoms with van der Waals surface area (Å²) in [6.45, 7) is 5.70. The number of halogens is 9. The van der Waals surface area contributed by atoms with Crippen LogP contribution in [-0.4, -0.2) is 57.1 Å². The molecule has 0 aliphatic carbocycles. The lowest BCUT2D eigenvalue weighted by atomic mass is 10.1. The Morgan fingerprint density at radius 1 is 0.781 bits per heavy atom. The Balaban J connectivity index is -0.000000271. The average molecular weight is 503 g/mol. The van der Waals surface area contributed by atoms with Crippen molar-refractivity contribution >= 4 is 18.1 Å². The highest BCUT2D eigenvalue weighted by Gasteiger charge is 2.17. The monoisotopic (exact) mass is 503 g/mol. The van der Waals surface area contributed by atoms with Crippen LogP contribution in [0.25, 0.3) is 0 Å². The zero-order valence-corrected chi connectivity index (χ0v) is 17.2. The quantitative estimate of drug-likeness (QED) is 0.287. The van der Waals surface area contributed by atoms with E-state index >= 15 is 0 Å². The molecule has 0 aliphatic rings. The van der Waals surface area contributed by atoms with E-state index in [2.05, 4.69) is 10.6 Å². The number of amides is 3. The first-order valence-electron chi connectivity index (χ1n) is 8.34. The van der Waals surface area contributed by atoms with Crippen molar-refractivity contribution in [2.45, 2.75) is 33.3 Å². The largest absolute Gasteiger partial charge is 0.447 e. The zero-order valence-electron chi connectivity index (χ0n) is 17.2. The van der Waals surface area contributed by atoms with Crippen molar-refractivity contribution in [3.8, 4) is 0 Å². The molecule has 0 aromatic heterocycles. The van der Waals surface area contributed by atoms with E-state index in [0.717, 1.165) is 5.54 Å². The van der Waals surface area contributed by atoms with Gasteiger partial charge in [0.2, 0.25) is 0 Å². The molecule has 0 radical (unpaired) electrons. The van der Waals surface area contributed by atoms with Crippen LogP contribution in [0.2, 0.25) is 0 Å². The molecular formula is C14H26F9N3O6. The fourth-order valence-electron chi connectivity index (χ4n) is 1.51. The van der Waals surface area contributed by atoms with Crippen LogP contribution in [0.4, 0.5) is 50.7 Å². The molecule has 18 heteroatoms. The van der Waals surface area contributed by atoms with E-state index in [-0.39, 0.29) is 26.2 Å². The number of carbonyl (C=O) groups is 3. The van der Waals surface area contributed by atoms with E-state index in [0.29, 0.717) is 13.1 Å². The summed E-state index contributed by atoms with van der Waals surface area (Å²) >= 11 is 0. The molecule has 0 saturated heterocycles. The number of rotatable bonds is 11. The van der Waals surface area contributed by atoms with Crippen molar-refractivity contribution in [2.24, 2.45) is 5.92 Å². The van der Waals surface area contributed by atoms with Gasteiger partial charge < -0.3 is 24.8 Å². The van der Waals surface area contributed by atoms with Gasteiger partial charge in [0.05, 0.1) is 0 Å². The average Bonchev–Trinajstić information content (AvgIpc) is 2.85. The molecule has 32 heavy (non-hydrogen) atoms. The second kappa shape index (κ2) is 35.8. The van der Waals surface area contributed by atoms with Gasteiger partial charge in [-0.2, -0.15) is 5.54 Å². The molecule has 0 saturated carbocycles. The number of alkyl carbamates (subject to hydrolysis) is 2. The zero-order chi connectivity index (χ0) is 26.4. The molecule has 3 N–H and O–H groups in total. The van der Waals surface area contributed by atoms with Crippen LogP contribution >= 0.6 is 0 Å². The molecule has 1 unspecified atom stereocenters. The minimum atomic E-state index is -0.743. The molecule has 0 bridgehead atoms. The van der Waals surface area contributed by atoms with Gasteiger partial charge >= 0.3 is 12.2 Å². The molecule has 0 heterocycles. The summed E-state index contributed by atoms with van der Waals surface area (Å²) in [7, 11) is 0. The van der Waals surface area contributed by atoms with Crippen LogP contribution in [0.1, 0.15) is 27.2 Å². The third-order valence-corrected chi connectivity index (χ3v) is 2.89. The molecule has 0 spiro atoms. The van der Waals surface area contributed by atoms with Gasteiger partial charge in [0, 0.05) is 62.2 Å². The fraction of sp³-hybridized carbons (Fsp3) is 0.786. The summed E-state index contributed by atoms with van der Waals surface area (Å²) in [4.78, 5) is 33.7. The number of hydrogen-bond donors (Lipinski definition) is 3. The van der Waals surface area contributed by atoms with E-state index in [1.165, 1.54) is 0 Å². The van der Waals surface area contributed by atoms with Gasteiger partial charge in [-0.3, -0.25) is 4.79 Å². The van der Waals surface area contributed by atoms with Crippen molar-refractivity contribution in [1.82, 2.24) is 16.2 Å². The highest BCUT2D eigenvalue weighted by atomic mass is 20.0. The Morgan fingerprint density at radius 2 is 1.16 bits per heavy atom. The predicted octanol–water partition coefficient (Wildman–Crippen LogP) is 4.25. The number of carbonyl (C=O) groups excluding carboxylic acids is 3. The second-order valence-electron chi connectivity index (χ2n) is 4.90. The van der Waals surface area contributed by atoms with Crippen LogP contribution in [0.3, 0.4) is 0 Å². The summed E-state index contributed by atoms with van der Waals surface area (Å²) < 4.78 is 91.3. The van der Waals surface area contributed by atoms with Crippen LogP contribution in [-0.2, 0) is 19.0 Å². The molecule has 0 rings (SSSR count). The van der Waals surface area contributed by atoms with Crippen LogP contribution < -0.4 is 16.2 Å². The highest BCUT2D eigenvalue weighted by Crippen LogP contribution is 2.05. The standard InChI is InChI=1S/C14H26FN3O6.4F2/c1-4-16-13(20)23-8-11(9-24-14(21)17-5-2)22-7-6-10(3)12(19)18-15;4*1-2/h10-11H,4-9H2,1-3H3,(H,16,20)(H,17,21)(H,18,19);;;;. The lowest BCUT2D eigenvalue weighted by Crippen LogP contribution is -2.34. The Morgan fingerprint density at radius 3 is 1.47 bits per heavy atom. The normalized spacial score (nSPS) is 9.41. The topological polar surface area (TPSA) is 115 Å². The molecule has 3 amide bonds. The second-order valence-corrected chi connectivity index (χ2v) is 4.90. The van der Waals surface area contributed by atoms with Crippen molar-refractivity contribution in [3.63, 3.8) is 0 Å². The summed E-state index contributed by atoms with van der Waals surface area (Å²) in [5, 5.41) is 4.90.